The van der Waals surface area contributed by atoms with Gasteiger partial charge in [-0.2, -0.15) is 0 Å². The normalized spacial score (nSPS) is 16.5. The van der Waals surface area contributed by atoms with Crippen LogP contribution in [0.2, 0.25) is 0 Å². The molecular formula is C8H8N2S. The molecule has 0 radical (unpaired) electrons. The molecule has 0 aliphatic carbocycles. The zero-order valence-corrected chi connectivity index (χ0v) is 6.84. The third-order valence-corrected chi connectivity index (χ3v) is 2.30. The molecule has 0 N–H and O–H groups in total. The maximum atomic E-state index is 4.28. The number of hydrogen-bond donors (Lipinski definition) is 0. The van der Waals surface area contributed by atoms with Crippen LogP contribution in [-0.4, -0.2) is 16.4 Å². The summed E-state index contributed by atoms with van der Waals surface area (Å²) in [5.74, 6) is 1.10. The number of rotatable bonds is 1. The summed E-state index contributed by atoms with van der Waals surface area (Å²) in [7, 11) is 0. The van der Waals surface area contributed by atoms with Crippen molar-refractivity contribution >= 4 is 17.7 Å². The largest absolute Gasteiger partial charge is 0.255 e. The molecule has 2 rings (SSSR count). The Balaban J connectivity index is 2.29. The van der Waals surface area contributed by atoms with Gasteiger partial charge in [0.15, 0.2) is 0 Å². The Morgan fingerprint density at radius 3 is 3.00 bits per heavy atom. The zero-order valence-electron chi connectivity index (χ0n) is 6.03. The predicted molar refractivity (Wildman–Crippen MR) is 47.8 cm³/mol. The van der Waals surface area contributed by atoms with Crippen LogP contribution < -0.4 is 0 Å². The molecule has 0 saturated carbocycles. The molecule has 1 aromatic heterocycles. The van der Waals surface area contributed by atoms with E-state index in [4.69, 9.17) is 0 Å². The van der Waals surface area contributed by atoms with Crippen LogP contribution in [0.15, 0.2) is 28.8 Å². The summed E-state index contributed by atoms with van der Waals surface area (Å²) in [6.45, 7) is 0. The predicted octanol–water partition coefficient (Wildman–Crippen LogP) is 1.92. The van der Waals surface area contributed by atoms with Crippen LogP contribution in [0.1, 0.15) is 12.1 Å². The second-order valence-electron chi connectivity index (χ2n) is 2.34. The maximum Gasteiger partial charge on any atom is 0.0851 e. The van der Waals surface area contributed by atoms with E-state index in [0.29, 0.717) is 0 Å². The van der Waals surface area contributed by atoms with E-state index in [2.05, 4.69) is 9.38 Å². The van der Waals surface area contributed by atoms with Gasteiger partial charge in [0, 0.05) is 18.4 Å². The first-order valence-corrected chi connectivity index (χ1v) is 4.51. The average Bonchev–Trinajstić information content (AvgIpc) is 2.58. The van der Waals surface area contributed by atoms with E-state index in [9.17, 15) is 0 Å². The highest BCUT2D eigenvalue weighted by atomic mass is 32.2. The van der Waals surface area contributed by atoms with Crippen molar-refractivity contribution in [3.8, 4) is 0 Å². The molecule has 0 amide bonds. The van der Waals surface area contributed by atoms with Gasteiger partial charge in [-0.05, 0) is 24.1 Å². The van der Waals surface area contributed by atoms with Crippen LogP contribution in [0.3, 0.4) is 0 Å². The fourth-order valence-electron chi connectivity index (χ4n) is 1.02. The van der Waals surface area contributed by atoms with Crippen molar-refractivity contribution in [1.29, 1.82) is 0 Å². The summed E-state index contributed by atoms with van der Waals surface area (Å²) >= 11 is 1.62. The van der Waals surface area contributed by atoms with Gasteiger partial charge in [-0.25, -0.2) is 4.40 Å². The Hall–Kier alpha value is -0.830. The number of nitrogens with zero attached hydrogens (tertiary/aromatic N) is 2. The molecule has 0 spiro atoms. The van der Waals surface area contributed by atoms with Gasteiger partial charge >= 0.3 is 0 Å². The lowest BCUT2D eigenvalue weighted by atomic mass is 10.2. The first-order chi connectivity index (χ1) is 5.47. The molecular weight excluding hydrogens is 156 g/mol. The van der Waals surface area contributed by atoms with E-state index in [0.717, 1.165) is 23.6 Å². The van der Waals surface area contributed by atoms with E-state index in [1.54, 1.807) is 18.1 Å². The lowest BCUT2D eigenvalue weighted by molar-refractivity contribution is 1.24. The second kappa shape index (κ2) is 3.05. The molecule has 0 aromatic carbocycles. The fourth-order valence-corrected chi connectivity index (χ4v) is 1.74. The van der Waals surface area contributed by atoms with Crippen molar-refractivity contribution in [2.24, 2.45) is 4.40 Å². The maximum absolute atomic E-state index is 4.28. The van der Waals surface area contributed by atoms with Crippen molar-refractivity contribution in [1.82, 2.24) is 4.98 Å². The highest BCUT2D eigenvalue weighted by molar-refractivity contribution is 7.98. The molecule has 0 unspecified atom stereocenters. The van der Waals surface area contributed by atoms with Crippen LogP contribution in [0, 0.1) is 0 Å². The van der Waals surface area contributed by atoms with Crippen LogP contribution >= 0.6 is 11.9 Å². The first-order valence-electron chi connectivity index (χ1n) is 3.57. The van der Waals surface area contributed by atoms with Gasteiger partial charge < -0.3 is 0 Å². The van der Waals surface area contributed by atoms with Gasteiger partial charge in [0.2, 0.25) is 0 Å². The molecule has 0 fully saturated rings. The van der Waals surface area contributed by atoms with Gasteiger partial charge in [0.25, 0.3) is 0 Å². The monoisotopic (exact) mass is 164 g/mol. The first kappa shape index (κ1) is 6.85. The summed E-state index contributed by atoms with van der Waals surface area (Å²) in [6, 6.07) is 5.92. The standard InChI is InChI=1S/C8H8N2S/c1-2-5-9-7(3-1)8-4-6-11-10-8/h1-3,5H,4,6H2. The van der Waals surface area contributed by atoms with Crippen LogP contribution in [0.4, 0.5) is 0 Å². The van der Waals surface area contributed by atoms with Gasteiger partial charge in [-0.3, -0.25) is 4.98 Å². The fraction of sp³-hybridized carbons (Fsp3) is 0.250. The number of aromatic nitrogens is 1. The van der Waals surface area contributed by atoms with Crippen molar-refractivity contribution in [3.63, 3.8) is 0 Å². The lowest BCUT2D eigenvalue weighted by Gasteiger charge is -1.95. The summed E-state index contributed by atoms with van der Waals surface area (Å²) in [5, 5.41) is 0. The highest BCUT2D eigenvalue weighted by Crippen LogP contribution is 2.18. The molecule has 1 aliphatic rings. The minimum atomic E-state index is 1.03. The van der Waals surface area contributed by atoms with E-state index in [1.807, 2.05) is 18.2 Å². The quantitative estimate of drug-likeness (QED) is 0.592. The number of pyridine rings is 1. The van der Waals surface area contributed by atoms with E-state index in [1.165, 1.54) is 0 Å². The van der Waals surface area contributed by atoms with E-state index in [-0.39, 0.29) is 0 Å². The summed E-state index contributed by atoms with van der Waals surface area (Å²) < 4.78 is 4.28. The average molecular weight is 164 g/mol. The Bertz CT molecular complexity index is 269. The molecule has 2 nitrogen and oxygen atoms in total. The highest BCUT2D eigenvalue weighted by Gasteiger charge is 2.09. The SMILES string of the molecule is c1ccc(C2=NSCC2)nc1. The summed E-state index contributed by atoms with van der Waals surface area (Å²) in [6.07, 6.45) is 2.86. The van der Waals surface area contributed by atoms with Crippen molar-refractivity contribution in [3.05, 3.63) is 30.1 Å². The van der Waals surface area contributed by atoms with Crippen LogP contribution in [0.25, 0.3) is 0 Å². The lowest BCUT2D eigenvalue weighted by Crippen LogP contribution is -1.99. The molecule has 56 valence electrons. The minimum Gasteiger partial charge on any atom is -0.255 e. The second-order valence-corrected chi connectivity index (χ2v) is 3.19. The smallest absolute Gasteiger partial charge is 0.0851 e. The molecule has 3 heteroatoms. The molecule has 2 heterocycles. The molecule has 0 saturated heterocycles. The van der Waals surface area contributed by atoms with E-state index >= 15 is 0 Å². The molecule has 0 atom stereocenters. The van der Waals surface area contributed by atoms with Crippen LogP contribution in [0.5, 0.6) is 0 Å². The van der Waals surface area contributed by atoms with Gasteiger partial charge in [0.05, 0.1) is 11.4 Å². The number of hydrogen-bond acceptors (Lipinski definition) is 3. The van der Waals surface area contributed by atoms with Gasteiger partial charge in [-0.15, -0.1) is 0 Å². The van der Waals surface area contributed by atoms with Crippen LogP contribution in [-0.2, 0) is 0 Å². The third-order valence-electron chi connectivity index (χ3n) is 1.57. The van der Waals surface area contributed by atoms with Crippen molar-refractivity contribution in [2.45, 2.75) is 6.42 Å². The Kier molecular flexibility index (Phi) is 1.90. The topological polar surface area (TPSA) is 25.2 Å². The van der Waals surface area contributed by atoms with Crippen molar-refractivity contribution in [2.75, 3.05) is 5.75 Å². The molecule has 0 bridgehead atoms. The third kappa shape index (κ3) is 1.43. The Morgan fingerprint density at radius 2 is 2.36 bits per heavy atom. The molecule has 1 aliphatic heterocycles. The van der Waals surface area contributed by atoms with Crippen molar-refractivity contribution < 1.29 is 0 Å². The minimum absolute atomic E-state index is 1.03. The summed E-state index contributed by atoms with van der Waals surface area (Å²) in [5.41, 5.74) is 2.16. The van der Waals surface area contributed by atoms with Gasteiger partial charge in [-0.1, -0.05) is 6.07 Å². The van der Waals surface area contributed by atoms with E-state index < -0.39 is 0 Å². The Labute approximate surface area is 69.9 Å². The summed E-state index contributed by atoms with van der Waals surface area (Å²) in [4.78, 5) is 4.22. The zero-order chi connectivity index (χ0) is 7.52. The van der Waals surface area contributed by atoms with Gasteiger partial charge in [0.1, 0.15) is 0 Å². The molecule has 1 aromatic rings. The Morgan fingerprint density at radius 1 is 1.36 bits per heavy atom. The molecule has 11 heavy (non-hydrogen) atoms.